The summed E-state index contributed by atoms with van der Waals surface area (Å²) in [5, 5.41) is 3.79. The maximum Gasteiger partial charge on any atom is 0.243 e. The largest absolute Gasteiger partial charge is 0.301 e. The van der Waals surface area contributed by atoms with Crippen molar-refractivity contribution in [2.24, 2.45) is 5.92 Å². The minimum Gasteiger partial charge on any atom is -0.301 e. The Morgan fingerprint density at radius 3 is 3.18 bits per heavy atom. The third kappa shape index (κ3) is 3.34. The number of aryl methyl sites for hydroxylation is 1. The van der Waals surface area contributed by atoms with Crippen LogP contribution in [0.25, 0.3) is 0 Å². The van der Waals surface area contributed by atoms with E-state index in [9.17, 15) is 4.79 Å². The molecule has 0 spiro atoms. The fourth-order valence-electron chi connectivity index (χ4n) is 3.38. The van der Waals surface area contributed by atoms with E-state index in [1.807, 2.05) is 0 Å². The van der Waals surface area contributed by atoms with Crippen LogP contribution >= 0.6 is 11.3 Å². The summed E-state index contributed by atoms with van der Waals surface area (Å²) in [5.74, 6) is 3.44. The lowest BCUT2D eigenvalue weighted by atomic mass is 9.93. The van der Waals surface area contributed by atoms with E-state index in [0.29, 0.717) is 6.54 Å². The molecule has 5 heteroatoms. The number of hydrogen-bond donors (Lipinski definition) is 1. The number of carbonyl (C=O) groups is 1. The van der Waals surface area contributed by atoms with Crippen LogP contribution in [0.2, 0.25) is 0 Å². The molecule has 2 heterocycles. The summed E-state index contributed by atoms with van der Waals surface area (Å²) in [5.41, 5.74) is 1.18. The van der Waals surface area contributed by atoms with Crippen LogP contribution in [0.3, 0.4) is 0 Å². The van der Waals surface area contributed by atoms with Crippen LogP contribution in [0.5, 0.6) is 0 Å². The van der Waals surface area contributed by atoms with Gasteiger partial charge in [-0.05, 0) is 44.6 Å². The molecule has 0 bridgehead atoms. The van der Waals surface area contributed by atoms with E-state index >= 15 is 0 Å². The molecule has 1 aromatic heterocycles. The van der Waals surface area contributed by atoms with Gasteiger partial charge in [-0.2, -0.15) is 0 Å². The third-order valence-electron chi connectivity index (χ3n) is 4.63. The van der Waals surface area contributed by atoms with E-state index in [-0.39, 0.29) is 11.9 Å². The van der Waals surface area contributed by atoms with Crippen LogP contribution in [-0.4, -0.2) is 34.9 Å². The van der Waals surface area contributed by atoms with Crippen molar-refractivity contribution in [2.75, 3.05) is 18.4 Å². The molecule has 0 aromatic carbocycles. The van der Waals surface area contributed by atoms with Crippen molar-refractivity contribution in [3.63, 3.8) is 0 Å². The van der Waals surface area contributed by atoms with Gasteiger partial charge in [0.05, 0.1) is 18.3 Å². The summed E-state index contributed by atoms with van der Waals surface area (Å²) in [6, 6.07) is -0.107. The molecule has 1 fully saturated rings. The van der Waals surface area contributed by atoms with Gasteiger partial charge in [0.25, 0.3) is 0 Å². The summed E-state index contributed by atoms with van der Waals surface area (Å²) in [6.07, 6.45) is 11.8. The monoisotopic (exact) mass is 317 g/mol. The Morgan fingerprint density at radius 1 is 1.50 bits per heavy atom. The molecule has 1 aromatic rings. The zero-order valence-corrected chi connectivity index (χ0v) is 13.9. The minimum atomic E-state index is -0.107. The second-order valence-electron chi connectivity index (χ2n) is 6.41. The first-order valence-corrected chi connectivity index (χ1v) is 8.96. The first-order valence-electron chi connectivity index (χ1n) is 8.14. The average molecular weight is 317 g/mol. The number of rotatable bonds is 3. The highest BCUT2D eigenvalue weighted by molar-refractivity contribution is 7.15. The molecule has 3 rings (SSSR count). The second kappa shape index (κ2) is 6.80. The van der Waals surface area contributed by atoms with E-state index in [4.69, 9.17) is 6.42 Å². The van der Waals surface area contributed by atoms with Crippen LogP contribution in [0.1, 0.15) is 43.2 Å². The number of terminal acetylenes is 1. The highest BCUT2D eigenvalue weighted by atomic mass is 32.1. The molecule has 2 aliphatic rings. The van der Waals surface area contributed by atoms with Gasteiger partial charge in [-0.15, -0.1) is 17.8 Å². The fourth-order valence-corrected chi connectivity index (χ4v) is 4.55. The zero-order chi connectivity index (χ0) is 15.5. The maximum atomic E-state index is 12.6. The number of carbonyl (C=O) groups excluding carboxylic acids is 1. The van der Waals surface area contributed by atoms with E-state index in [1.165, 1.54) is 17.0 Å². The SMILES string of the molecule is C#CCN1CCCCC1C(=O)Nc1nc2c(s1)CC(C)CC2. The molecular weight excluding hydrogens is 294 g/mol. The Balaban J connectivity index is 1.67. The summed E-state index contributed by atoms with van der Waals surface area (Å²) in [6.45, 7) is 3.73. The van der Waals surface area contributed by atoms with Gasteiger partial charge in [-0.25, -0.2) is 4.98 Å². The topological polar surface area (TPSA) is 45.2 Å². The normalized spacial score (nSPS) is 25.3. The molecule has 1 saturated heterocycles. The molecule has 22 heavy (non-hydrogen) atoms. The Bertz CT molecular complexity index is 589. The van der Waals surface area contributed by atoms with E-state index in [0.717, 1.165) is 49.7 Å². The van der Waals surface area contributed by atoms with Crippen LogP contribution in [0.15, 0.2) is 0 Å². The smallest absolute Gasteiger partial charge is 0.243 e. The predicted molar refractivity (Wildman–Crippen MR) is 90.0 cm³/mol. The van der Waals surface area contributed by atoms with Gasteiger partial charge in [0.15, 0.2) is 5.13 Å². The zero-order valence-electron chi connectivity index (χ0n) is 13.1. The number of nitrogens with zero attached hydrogens (tertiary/aromatic N) is 2. The number of hydrogen-bond acceptors (Lipinski definition) is 4. The highest BCUT2D eigenvalue weighted by Gasteiger charge is 2.29. The number of thiazole rings is 1. The predicted octanol–water partition coefficient (Wildman–Crippen LogP) is 2.69. The Labute approximate surface area is 136 Å². The minimum absolute atomic E-state index is 0.0501. The van der Waals surface area contributed by atoms with Gasteiger partial charge >= 0.3 is 0 Å². The number of anilines is 1. The third-order valence-corrected chi connectivity index (χ3v) is 5.66. The molecule has 4 nitrogen and oxygen atoms in total. The first kappa shape index (κ1) is 15.5. The lowest BCUT2D eigenvalue weighted by Crippen LogP contribution is -2.47. The van der Waals surface area contributed by atoms with Crippen LogP contribution in [0.4, 0.5) is 5.13 Å². The van der Waals surface area contributed by atoms with E-state index in [1.54, 1.807) is 11.3 Å². The lowest BCUT2D eigenvalue weighted by Gasteiger charge is -2.32. The van der Waals surface area contributed by atoms with Gasteiger partial charge in [0.1, 0.15) is 0 Å². The van der Waals surface area contributed by atoms with Crippen LogP contribution in [0, 0.1) is 18.3 Å². The summed E-state index contributed by atoms with van der Waals surface area (Å²) in [4.78, 5) is 20.6. The summed E-state index contributed by atoms with van der Waals surface area (Å²) >= 11 is 1.64. The van der Waals surface area contributed by atoms with E-state index in [2.05, 4.69) is 28.0 Å². The molecule has 1 aliphatic heterocycles. The van der Waals surface area contributed by atoms with Gasteiger partial charge in [0, 0.05) is 4.88 Å². The molecule has 2 unspecified atom stereocenters. The van der Waals surface area contributed by atoms with Crippen molar-refractivity contribution < 1.29 is 4.79 Å². The second-order valence-corrected chi connectivity index (χ2v) is 7.50. The first-order chi connectivity index (χ1) is 10.7. The molecular formula is C17H23N3OS. The maximum absolute atomic E-state index is 12.6. The van der Waals surface area contributed by atoms with Crippen molar-refractivity contribution >= 4 is 22.4 Å². The molecule has 118 valence electrons. The van der Waals surface area contributed by atoms with Crippen molar-refractivity contribution in [1.29, 1.82) is 0 Å². The number of nitrogens with one attached hydrogen (secondary N) is 1. The van der Waals surface area contributed by atoms with Gasteiger partial charge in [-0.3, -0.25) is 9.69 Å². The molecule has 2 atom stereocenters. The highest BCUT2D eigenvalue weighted by Crippen LogP contribution is 2.32. The van der Waals surface area contributed by atoms with Gasteiger partial charge < -0.3 is 5.32 Å². The number of fused-ring (bicyclic) bond motifs is 1. The van der Waals surface area contributed by atoms with Crippen molar-refractivity contribution in [1.82, 2.24) is 9.88 Å². The Morgan fingerprint density at radius 2 is 2.36 bits per heavy atom. The molecule has 0 radical (unpaired) electrons. The summed E-state index contributed by atoms with van der Waals surface area (Å²) in [7, 11) is 0. The van der Waals surface area contributed by atoms with E-state index < -0.39 is 0 Å². The standard InChI is InChI=1S/C17H23N3OS/c1-3-9-20-10-5-4-6-14(20)16(21)19-17-18-13-8-7-12(2)11-15(13)22-17/h1,12,14H,4-11H2,2H3,(H,18,19,21). The average Bonchev–Trinajstić information content (AvgIpc) is 2.89. The molecule has 1 aliphatic carbocycles. The van der Waals surface area contributed by atoms with Gasteiger partial charge in [0.2, 0.25) is 5.91 Å². The summed E-state index contributed by atoms with van der Waals surface area (Å²) < 4.78 is 0. The number of likely N-dealkylation sites (tertiary alicyclic amines) is 1. The van der Waals surface area contributed by atoms with Crippen molar-refractivity contribution in [3.8, 4) is 12.3 Å². The van der Waals surface area contributed by atoms with Crippen molar-refractivity contribution in [3.05, 3.63) is 10.6 Å². The molecule has 0 saturated carbocycles. The fraction of sp³-hybridized carbons (Fsp3) is 0.647. The number of amides is 1. The lowest BCUT2D eigenvalue weighted by molar-refractivity contribution is -0.122. The molecule has 1 amide bonds. The van der Waals surface area contributed by atoms with Gasteiger partial charge in [-0.1, -0.05) is 19.3 Å². The quantitative estimate of drug-likeness (QED) is 0.872. The Kier molecular flexibility index (Phi) is 4.80. The molecule has 1 N–H and O–H groups in total. The number of aromatic nitrogens is 1. The number of piperidine rings is 1. The Hall–Kier alpha value is -1.38. The van der Waals surface area contributed by atoms with Crippen LogP contribution < -0.4 is 5.32 Å². The van der Waals surface area contributed by atoms with Crippen molar-refractivity contribution in [2.45, 2.75) is 51.5 Å². The van der Waals surface area contributed by atoms with Crippen LogP contribution in [-0.2, 0) is 17.6 Å².